The predicted octanol–water partition coefficient (Wildman–Crippen LogP) is 2.26. The molecule has 0 saturated carbocycles. The largest absolute Gasteiger partial charge is 0.477 e. The number of thiophene rings is 1. The average Bonchev–Trinajstić information content (AvgIpc) is 2.68. The van der Waals surface area contributed by atoms with Crippen LogP contribution >= 0.6 is 11.3 Å². The molecule has 1 fully saturated rings. The van der Waals surface area contributed by atoms with E-state index in [1.54, 1.807) is 6.07 Å². The summed E-state index contributed by atoms with van der Waals surface area (Å²) in [5.74, 6) is -0.822. The van der Waals surface area contributed by atoms with Crippen LogP contribution in [0.4, 0.5) is 0 Å². The van der Waals surface area contributed by atoms with Crippen LogP contribution in [0.2, 0.25) is 0 Å². The van der Waals surface area contributed by atoms with E-state index in [4.69, 9.17) is 5.11 Å². The molecular formula is C10H13NO2S. The maximum Gasteiger partial charge on any atom is 0.345 e. The second kappa shape index (κ2) is 4.11. The third-order valence-electron chi connectivity index (χ3n) is 2.54. The van der Waals surface area contributed by atoms with Crippen LogP contribution in [0.15, 0.2) is 11.4 Å². The van der Waals surface area contributed by atoms with E-state index in [1.807, 2.05) is 5.38 Å². The van der Waals surface area contributed by atoms with Gasteiger partial charge in [0.15, 0.2) is 0 Å². The Morgan fingerprint density at radius 1 is 1.57 bits per heavy atom. The molecule has 0 spiro atoms. The lowest BCUT2D eigenvalue weighted by atomic mass is 10.00. The molecule has 2 rings (SSSR count). The van der Waals surface area contributed by atoms with E-state index in [1.165, 1.54) is 24.2 Å². The highest BCUT2D eigenvalue weighted by atomic mass is 32.1. The van der Waals surface area contributed by atoms with Crippen LogP contribution < -0.4 is 5.32 Å². The van der Waals surface area contributed by atoms with Crippen molar-refractivity contribution in [2.24, 2.45) is 0 Å². The molecule has 0 aliphatic carbocycles. The van der Waals surface area contributed by atoms with Gasteiger partial charge in [-0.05, 0) is 36.4 Å². The molecule has 1 atom stereocenters. The van der Waals surface area contributed by atoms with Crippen LogP contribution in [-0.2, 0) is 0 Å². The van der Waals surface area contributed by atoms with E-state index < -0.39 is 5.97 Å². The fraction of sp³-hybridized carbons (Fsp3) is 0.500. The van der Waals surface area contributed by atoms with Crippen molar-refractivity contribution < 1.29 is 9.90 Å². The maximum absolute atomic E-state index is 10.7. The molecule has 1 aliphatic rings. The van der Waals surface area contributed by atoms with Gasteiger partial charge < -0.3 is 10.4 Å². The van der Waals surface area contributed by atoms with Gasteiger partial charge in [0.05, 0.1) is 0 Å². The highest BCUT2D eigenvalue weighted by Gasteiger charge is 2.17. The summed E-state index contributed by atoms with van der Waals surface area (Å²) in [5.41, 5.74) is 1.13. The monoisotopic (exact) mass is 211 g/mol. The second-order valence-corrected chi connectivity index (χ2v) is 4.46. The minimum Gasteiger partial charge on any atom is -0.477 e. The summed E-state index contributed by atoms with van der Waals surface area (Å²) in [6, 6.07) is 2.16. The Balaban J connectivity index is 2.11. The third kappa shape index (κ3) is 1.96. The molecule has 1 saturated heterocycles. The number of hydrogen-bond acceptors (Lipinski definition) is 3. The van der Waals surface area contributed by atoms with Gasteiger partial charge in [-0.15, -0.1) is 11.3 Å². The summed E-state index contributed by atoms with van der Waals surface area (Å²) in [5, 5.41) is 14.1. The molecule has 1 aromatic heterocycles. The van der Waals surface area contributed by atoms with Crippen molar-refractivity contribution in [1.29, 1.82) is 0 Å². The van der Waals surface area contributed by atoms with Gasteiger partial charge in [0.25, 0.3) is 0 Å². The van der Waals surface area contributed by atoms with Crippen LogP contribution in [-0.4, -0.2) is 17.6 Å². The quantitative estimate of drug-likeness (QED) is 0.789. The first-order valence-electron chi connectivity index (χ1n) is 4.82. The maximum atomic E-state index is 10.7. The smallest absolute Gasteiger partial charge is 0.345 e. The van der Waals surface area contributed by atoms with Gasteiger partial charge in [0.1, 0.15) is 4.88 Å². The highest BCUT2D eigenvalue weighted by Crippen LogP contribution is 2.26. The first-order chi connectivity index (χ1) is 6.77. The summed E-state index contributed by atoms with van der Waals surface area (Å²) in [6.45, 7) is 1.04. The molecule has 0 bridgehead atoms. The van der Waals surface area contributed by atoms with Gasteiger partial charge in [-0.25, -0.2) is 4.79 Å². The Morgan fingerprint density at radius 3 is 3.00 bits per heavy atom. The number of carboxylic acids is 1. The summed E-state index contributed by atoms with van der Waals surface area (Å²) in [7, 11) is 0. The Labute approximate surface area is 86.8 Å². The first kappa shape index (κ1) is 9.68. The predicted molar refractivity (Wildman–Crippen MR) is 55.9 cm³/mol. The van der Waals surface area contributed by atoms with Crippen LogP contribution in [0.1, 0.15) is 40.5 Å². The molecule has 0 unspecified atom stereocenters. The zero-order valence-corrected chi connectivity index (χ0v) is 8.64. The van der Waals surface area contributed by atoms with Crippen molar-refractivity contribution in [3.05, 3.63) is 21.9 Å². The van der Waals surface area contributed by atoms with Crippen molar-refractivity contribution in [1.82, 2.24) is 5.32 Å². The fourth-order valence-electron chi connectivity index (χ4n) is 1.78. The Morgan fingerprint density at radius 2 is 2.43 bits per heavy atom. The molecule has 76 valence electrons. The Kier molecular flexibility index (Phi) is 2.84. The van der Waals surface area contributed by atoms with Crippen LogP contribution in [0, 0.1) is 0 Å². The number of nitrogens with one attached hydrogen (secondary N) is 1. The van der Waals surface area contributed by atoms with Gasteiger partial charge in [-0.3, -0.25) is 0 Å². The molecule has 14 heavy (non-hydrogen) atoms. The number of aromatic carboxylic acids is 1. The van der Waals surface area contributed by atoms with Crippen molar-refractivity contribution in [2.75, 3.05) is 6.54 Å². The molecule has 0 amide bonds. The Hall–Kier alpha value is -0.870. The van der Waals surface area contributed by atoms with Gasteiger partial charge in [0.2, 0.25) is 0 Å². The normalized spacial score (nSPS) is 22.1. The lowest BCUT2D eigenvalue weighted by molar-refractivity contribution is 0.0702. The van der Waals surface area contributed by atoms with Gasteiger partial charge in [-0.2, -0.15) is 0 Å². The fourth-order valence-corrected chi connectivity index (χ4v) is 2.58. The van der Waals surface area contributed by atoms with Gasteiger partial charge >= 0.3 is 5.97 Å². The van der Waals surface area contributed by atoms with E-state index in [9.17, 15) is 4.79 Å². The van der Waals surface area contributed by atoms with Crippen LogP contribution in [0.25, 0.3) is 0 Å². The number of carbonyl (C=O) groups is 1. The SMILES string of the molecule is O=C(O)c1cc([C@@H]2CCCCN2)cs1. The molecule has 2 heterocycles. The van der Waals surface area contributed by atoms with Crippen LogP contribution in [0.5, 0.6) is 0 Å². The van der Waals surface area contributed by atoms with Crippen LogP contribution in [0.3, 0.4) is 0 Å². The summed E-state index contributed by atoms with van der Waals surface area (Å²) in [4.78, 5) is 11.1. The van der Waals surface area contributed by atoms with E-state index in [0.717, 1.165) is 18.5 Å². The second-order valence-electron chi connectivity index (χ2n) is 3.55. The van der Waals surface area contributed by atoms with E-state index in [2.05, 4.69) is 5.32 Å². The molecule has 3 nitrogen and oxygen atoms in total. The molecule has 4 heteroatoms. The number of hydrogen-bond donors (Lipinski definition) is 2. The number of rotatable bonds is 2. The summed E-state index contributed by atoms with van der Waals surface area (Å²) in [6.07, 6.45) is 3.58. The molecule has 0 aromatic carbocycles. The standard InChI is InChI=1S/C10H13NO2S/c12-10(13)9-5-7(6-14-9)8-3-1-2-4-11-8/h5-6,8,11H,1-4H2,(H,12,13)/t8-/m0/s1. The topological polar surface area (TPSA) is 49.3 Å². The minimum absolute atomic E-state index is 0.369. The highest BCUT2D eigenvalue weighted by molar-refractivity contribution is 7.12. The molecular weight excluding hydrogens is 198 g/mol. The Bertz CT molecular complexity index is 329. The molecule has 2 N–H and O–H groups in total. The third-order valence-corrected chi connectivity index (χ3v) is 3.48. The van der Waals surface area contributed by atoms with Crippen molar-refractivity contribution in [3.63, 3.8) is 0 Å². The van der Waals surface area contributed by atoms with E-state index in [-0.39, 0.29) is 0 Å². The summed E-state index contributed by atoms with van der Waals surface area (Å²) >= 11 is 1.31. The van der Waals surface area contributed by atoms with Gasteiger partial charge in [0, 0.05) is 6.04 Å². The molecule has 1 aliphatic heterocycles. The zero-order valence-electron chi connectivity index (χ0n) is 7.82. The van der Waals surface area contributed by atoms with E-state index in [0.29, 0.717) is 10.9 Å². The number of piperidine rings is 1. The number of carboxylic acid groups (broad SMARTS) is 1. The molecule has 1 aromatic rings. The van der Waals surface area contributed by atoms with E-state index >= 15 is 0 Å². The van der Waals surface area contributed by atoms with Crippen molar-refractivity contribution >= 4 is 17.3 Å². The lowest BCUT2D eigenvalue weighted by Gasteiger charge is -2.22. The van der Waals surface area contributed by atoms with Crippen molar-refractivity contribution in [2.45, 2.75) is 25.3 Å². The van der Waals surface area contributed by atoms with Gasteiger partial charge in [-0.1, -0.05) is 6.42 Å². The lowest BCUT2D eigenvalue weighted by Crippen LogP contribution is -2.26. The van der Waals surface area contributed by atoms with Crippen molar-refractivity contribution in [3.8, 4) is 0 Å². The summed E-state index contributed by atoms with van der Waals surface area (Å²) < 4.78 is 0. The zero-order chi connectivity index (χ0) is 9.97. The first-order valence-corrected chi connectivity index (χ1v) is 5.70. The average molecular weight is 211 g/mol. The molecule has 0 radical (unpaired) electrons. The minimum atomic E-state index is -0.822.